The predicted octanol–water partition coefficient (Wildman–Crippen LogP) is 4.83. The first-order valence-electron chi connectivity index (χ1n) is 10.8. The Hall–Kier alpha value is -3.37. The summed E-state index contributed by atoms with van der Waals surface area (Å²) in [5.41, 5.74) is 3.83. The maximum Gasteiger partial charge on any atom is 0.225 e. The molecule has 0 saturated heterocycles. The first-order valence-corrected chi connectivity index (χ1v) is 11.6. The van der Waals surface area contributed by atoms with Gasteiger partial charge >= 0.3 is 0 Å². The molecule has 0 saturated carbocycles. The number of rotatable bonds is 2. The molecule has 2 heterocycles. The van der Waals surface area contributed by atoms with E-state index in [0.29, 0.717) is 16.7 Å². The summed E-state index contributed by atoms with van der Waals surface area (Å²) < 4.78 is 0.486. The molecule has 33 heavy (non-hydrogen) atoms. The van der Waals surface area contributed by atoms with Crippen LogP contribution in [0.4, 0.5) is 0 Å². The number of pyridine rings is 1. The summed E-state index contributed by atoms with van der Waals surface area (Å²) in [6.07, 6.45) is 4.91. The molecular formula is C26H21BrN4O2. The fourth-order valence-electron chi connectivity index (χ4n) is 5.46. The number of halogens is 1. The molecular weight excluding hydrogens is 480 g/mol. The van der Waals surface area contributed by atoms with E-state index in [4.69, 9.17) is 9.97 Å². The van der Waals surface area contributed by atoms with Crippen LogP contribution >= 0.6 is 15.9 Å². The van der Waals surface area contributed by atoms with Gasteiger partial charge in [0.1, 0.15) is 11.9 Å². The molecule has 0 bridgehead atoms. The minimum absolute atomic E-state index is 0.0242. The third-order valence-corrected chi connectivity index (χ3v) is 7.51. The number of allylic oxidation sites excluding steroid dienone is 2. The highest BCUT2D eigenvalue weighted by molar-refractivity contribution is 9.10. The van der Waals surface area contributed by atoms with Gasteiger partial charge in [-0.25, -0.2) is 15.0 Å². The van der Waals surface area contributed by atoms with E-state index in [9.17, 15) is 15.2 Å². The van der Waals surface area contributed by atoms with Crippen LogP contribution in [0.5, 0.6) is 5.88 Å². The zero-order valence-corrected chi connectivity index (χ0v) is 19.8. The number of aromatic hydroxyl groups is 1. The van der Waals surface area contributed by atoms with Crippen LogP contribution in [0.3, 0.4) is 0 Å². The average molecular weight is 501 g/mol. The summed E-state index contributed by atoms with van der Waals surface area (Å²) >= 11 is 3.35. The van der Waals surface area contributed by atoms with Crippen molar-refractivity contribution in [1.29, 1.82) is 5.26 Å². The van der Waals surface area contributed by atoms with Gasteiger partial charge in [-0.15, -0.1) is 0 Å². The number of nitrogens with zero attached hydrogens (tertiary/aromatic N) is 4. The van der Waals surface area contributed by atoms with Gasteiger partial charge in [0.05, 0.1) is 26.8 Å². The lowest BCUT2D eigenvalue weighted by Gasteiger charge is -2.48. The number of aromatic nitrogens is 3. The maximum absolute atomic E-state index is 13.0. The molecule has 0 aliphatic heterocycles. The van der Waals surface area contributed by atoms with Crippen LogP contribution in [0.1, 0.15) is 36.0 Å². The van der Waals surface area contributed by atoms with E-state index in [-0.39, 0.29) is 29.1 Å². The number of carbonyl (C=O) groups excluding carboxylic acids is 1. The van der Waals surface area contributed by atoms with Gasteiger partial charge in [0.15, 0.2) is 5.78 Å². The SMILES string of the molecule is Cc1nc(-c2cnc(O)c(Br)c2)c2c(n1)[C@@]1(c3ccccc3)C=C(C#N)C(=O)[C@@H](C)[C@@H]1CC2. The van der Waals surface area contributed by atoms with Crippen LogP contribution < -0.4 is 0 Å². The molecule has 3 atom stereocenters. The number of fused-ring (bicyclic) bond motifs is 3. The number of nitriles is 1. The van der Waals surface area contributed by atoms with Crippen molar-refractivity contribution in [3.05, 3.63) is 81.4 Å². The van der Waals surface area contributed by atoms with Crippen molar-refractivity contribution in [3.8, 4) is 23.2 Å². The normalized spacial score (nSPS) is 23.8. The van der Waals surface area contributed by atoms with Gasteiger partial charge in [-0.3, -0.25) is 4.79 Å². The van der Waals surface area contributed by atoms with Crippen molar-refractivity contribution in [1.82, 2.24) is 15.0 Å². The number of hydrogen-bond acceptors (Lipinski definition) is 6. The summed E-state index contributed by atoms with van der Waals surface area (Å²) in [4.78, 5) is 26.7. The lowest BCUT2D eigenvalue weighted by Crippen LogP contribution is -2.48. The standard InChI is InChI=1S/C26H21BrN4O2/c1-14-20-9-8-19-22(16-10-21(27)25(33)29-13-16)30-15(2)31-24(19)26(20,11-17(12-28)23(14)32)18-6-4-3-5-7-18/h3-7,10-11,13-14,20H,8-9H2,1-2H3,(H,29,33)/t14-,20-,26+/m0/s1. The average Bonchev–Trinajstić information content (AvgIpc) is 2.83. The third-order valence-electron chi connectivity index (χ3n) is 6.92. The monoisotopic (exact) mass is 500 g/mol. The van der Waals surface area contributed by atoms with Gasteiger partial charge in [0, 0.05) is 23.2 Å². The van der Waals surface area contributed by atoms with Crippen molar-refractivity contribution in [2.24, 2.45) is 11.8 Å². The number of hydrogen-bond donors (Lipinski definition) is 1. The molecule has 0 fully saturated rings. The highest BCUT2D eigenvalue weighted by Crippen LogP contribution is 2.54. The van der Waals surface area contributed by atoms with E-state index in [1.165, 1.54) is 0 Å². The van der Waals surface area contributed by atoms with Crippen LogP contribution in [-0.4, -0.2) is 25.8 Å². The molecule has 0 spiro atoms. The number of benzene rings is 1. The lowest BCUT2D eigenvalue weighted by atomic mass is 9.54. The Morgan fingerprint density at radius 3 is 2.70 bits per heavy atom. The Morgan fingerprint density at radius 1 is 1.24 bits per heavy atom. The Balaban J connectivity index is 1.87. The van der Waals surface area contributed by atoms with Gasteiger partial charge in [-0.05, 0) is 59.3 Å². The molecule has 6 nitrogen and oxygen atoms in total. The summed E-state index contributed by atoms with van der Waals surface area (Å²) in [5, 5.41) is 19.7. The van der Waals surface area contributed by atoms with E-state index < -0.39 is 5.41 Å². The highest BCUT2D eigenvalue weighted by Gasteiger charge is 2.53. The van der Waals surface area contributed by atoms with Crippen molar-refractivity contribution in [2.75, 3.05) is 0 Å². The van der Waals surface area contributed by atoms with Crippen molar-refractivity contribution < 1.29 is 9.90 Å². The minimum Gasteiger partial charge on any atom is -0.492 e. The lowest BCUT2D eigenvalue weighted by molar-refractivity contribution is -0.121. The van der Waals surface area contributed by atoms with Crippen molar-refractivity contribution in [2.45, 2.75) is 32.1 Å². The molecule has 5 rings (SSSR count). The van der Waals surface area contributed by atoms with Crippen LogP contribution in [0.2, 0.25) is 0 Å². The minimum atomic E-state index is -0.711. The number of carbonyl (C=O) groups is 1. The molecule has 3 aromatic rings. The van der Waals surface area contributed by atoms with Gasteiger partial charge in [-0.1, -0.05) is 37.3 Å². The summed E-state index contributed by atoms with van der Waals surface area (Å²) in [6.45, 7) is 3.78. The first-order chi connectivity index (χ1) is 15.9. The Morgan fingerprint density at radius 2 is 2.00 bits per heavy atom. The van der Waals surface area contributed by atoms with Crippen LogP contribution in [0.15, 0.2) is 58.7 Å². The zero-order chi connectivity index (χ0) is 23.3. The van der Waals surface area contributed by atoms with Crippen LogP contribution in [0.25, 0.3) is 11.3 Å². The second kappa shape index (κ2) is 7.89. The van der Waals surface area contributed by atoms with E-state index >= 15 is 0 Å². The summed E-state index contributed by atoms with van der Waals surface area (Å²) in [7, 11) is 0. The fraction of sp³-hybridized carbons (Fsp3) is 0.269. The van der Waals surface area contributed by atoms with Crippen LogP contribution in [-0.2, 0) is 16.6 Å². The zero-order valence-electron chi connectivity index (χ0n) is 18.2. The molecule has 1 N–H and O–H groups in total. The topological polar surface area (TPSA) is 99.8 Å². The second-order valence-corrected chi connectivity index (χ2v) is 9.53. The number of aryl methyl sites for hydroxylation is 1. The van der Waals surface area contributed by atoms with Gasteiger partial charge in [-0.2, -0.15) is 5.26 Å². The van der Waals surface area contributed by atoms with Gasteiger partial charge < -0.3 is 5.11 Å². The van der Waals surface area contributed by atoms with Crippen molar-refractivity contribution in [3.63, 3.8) is 0 Å². The summed E-state index contributed by atoms with van der Waals surface area (Å²) in [6, 6.07) is 14.0. The summed E-state index contributed by atoms with van der Waals surface area (Å²) in [5.74, 6) is 0.0843. The van der Waals surface area contributed by atoms with Crippen LogP contribution in [0, 0.1) is 30.1 Å². The highest BCUT2D eigenvalue weighted by atomic mass is 79.9. The number of ketones is 1. The van der Waals surface area contributed by atoms with E-state index in [1.54, 1.807) is 12.3 Å². The Kier molecular flexibility index (Phi) is 5.13. The fourth-order valence-corrected chi connectivity index (χ4v) is 5.81. The Labute approximate surface area is 200 Å². The largest absolute Gasteiger partial charge is 0.492 e. The molecule has 2 aliphatic rings. The maximum atomic E-state index is 13.0. The molecule has 0 radical (unpaired) electrons. The van der Waals surface area contributed by atoms with E-state index in [1.807, 2.05) is 50.3 Å². The molecule has 1 aromatic carbocycles. The molecule has 7 heteroatoms. The van der Waals surface area contributed by atoms with E-state index in [0.717, 1.165) is 34.5 Å². The quantitative estimate of drug-likeness (QED) is 0.540. The molecule has 0 unspecified atom stereocenters. The first kappa shape index (κ1) is 21.5. The molecule has 164 valence electrons. The predicted molar refractivity (Wildman–Crippen MR) is 126 cm³/mol. The van der Waals surface area contributed by atoms with Crippen molar-refractivity contribution >= 4 is 21.7 Å². The second-order valence-electron chi connectivity index (χ2n) is 8.68. The van der Waals surface area contributed by atoms with Gasteiger partial charge in [0.2, 0.25) is 5.88 Å². The smallest absolute Gasteiger partial charge is 0.225 e. The third kappa shape index (κ3) is 3.20. The Bertz CT molecular complexity index is 1360. The molecule has 2 aromatic heterocycles. The molecule has 2 aliphatic carbocycles. The van der Waals surface area contributed by atoms with Gasteiger partial charge in [0.25, 0.3) is 0 Å². The molecule has 0 amide bonds. The number of Topliss-reactive ketones (excluding diaryl/α,β-unsaturated/α-hetero) is 1. The van der Waals surface area contributed by atoms with E-state index in [2.05, 4.69) is 27.0 Å².